The van der Waals surface area contributed by atoms with Gasteiger partial charge in [0.2, 0.25) is 5.91 Å². The summed E-state index contributed by atoms with van der Waals surface area (Å²) in [7, 11) is 0. The standard InChI is InChI=1S/C16H23NO3/c1-3-16(19)11-17(12-16)15(18)10-9-13-7-5-6-8-14(13)20-4-2/h5-8,19H,3-4,9-12H2,1-2H3. The Balaban J connectivity index is 1.85. The quantitative estimate of drug-likeness (QED) is 0.865. The normalized spacial score (nSPS) is 16.6. The molecule has 4 heteroatoms. The average Bonchev–Trinajstić information content (AvgIpc) is 2.43. The molecule has 1 N–H and O–H groups in total. The highest BCUT2D eigenvalue weighted by molar-refractivity contribution is 5.77. The van der Waals surface area contributed by atoms with E-state index < -0.39 is 5.60 Å². The summed E-state index contributed by atoms with van der Waals surface area (Å²) in [4.78, 5) is 13.8. The second-order valence-electron chi connectivity index (χ2n) is 5.37. The van der Waals surface area contributed by atoms with Crippen molar-refractivity contribution in [1.82, 2.24) is 4.90 Å². The number of para-hydroxylation sites is 1. The average molecular weight is 277 g/mol. The van der Waals surface area contributed by atoms with Crippen LogP contribution in [0.5, 0.6) is 5.75 Å². The van der Waals surface area contributed by atoms with Crippen molar-refractivity contribution < 1.29 is 14.6 Å². The van der Waals surface area contributed by atoms with Crippen molar-refractivity contribution in [2.24, 2.45) is 0 Å². The molecular weight excluding hydrogens is 254 g/mol. The molecule has 0 aliphatic carbocycles. The molecule has 0 spiro atoms. The van der Waals surface area contributed by atoms with Gasteiger partial charge >= 0.3 is 0 Å². The molecule has 0 saturated carbocycles. The first-order chi connectivity index (χ1) is 9.58. The lowest BCUT2D eigenvalue weighted by atomic mass is 9.91. The Morgan fingerprint density at radius 2 is 2.05 bits per heavy atom. The van der Waals surface area contributed by atoms with Gasteiger partial charge in [-0.3, -0.25) is 4.79 Å². The highest BCUT2D eigenvalue weighted by Gasteiger charge is 2.41. The van der Waals surface area contributed by atoms with Crippen molar-refractivity contribution >= 4 is 5.91 Å². The van der Waals surface area contributed by atoms with Crippen LogP contribution in [0.25, 0.3) is 0 Å². The van der Waals surface area contributed by atoms with Gasteiger partial charge in [-0.25, -0.2) is 0 Å². The van der Waals surface area contributed by atoms with E-state index in [1.165, 1.54) is 0 Å². The zero-order valence-corrected chi connectivity index (χ0v) is 12.3. The van der Waals surface area contributed by atoms with Crippen molar-refractivity contribution in [2.45, 2.75) is 38.7 Å². The smallest absolute Gasteiger partial charge is 0.223 e. The van der Waals surface area contributed by atoms with E-state index in [0.29, 0.717) is 39.0 Å². The predicted octanol–water partition coefficient (Wildman–Crippen LogP) is 2.00. The molecule has 0 aromatic heterocycles. The van der Waals surface area contributed by atoms with Crippen LogP contribution in [0, 0.1) is 0 Å². The third-order valence-electron chi connectivity index (χ3n) is 3.86. The summed E-state index contributed by atoms with van der Waals surface area (Å²) < 4.78 is 5.56. The Kier molecular flexibility index (Phi) is 4.65. The van der Waals surface area contributed by atoms with Crippen molar-refractivity contribution in [3.63, 3.8) is 0 Å². The van der Waals surface area contributed by atoms with E-state index in [-0.39, 0.29) is 5.91 Å². The number of hydrogen-bond donors (Lipinski definition) is 1. The first-order valence-corrected chi connectivity index (χ1v) is 7.29. The summed E-state index contributed by atoms with van der Waals surface area (Å²) in [6.07, 6.45) is 1.84. The van der Waals surface area contributed by atoms with Gasteiger partial charge in [0.15, 0.2) is 0 Å². The van der Waals surface area contributed by atoms with Gasteiger partial charge in [0, 0.05) is 6.42 Å². The number of benzene rings is 1. The van der Waals surface area contributed by atoms with Crippen LogP contribution >= 0.6 is 0 Å². The van der Waals surface area contributed by atoms with Gasteiger partial charge in [0.1, 0.15) is 5.75 Å². The topological polar surface area (TPSA) is 49.8 Å². The largest absolute Gasteiger partial charge is 0.494 e. The van der Waals surface area contributed by atoms with Crippen LogP contribution in [0.2, 0.25) is 0 Å². The van der Waals surface area contributed by atoms with Crippen LogP contribution in [0.4, 0.5) is 0 Å². The number of rotatable bonds is 6. The fourth-order valence-corrected chi connectivity index (χ4v) is 2.47. The number of β-amino-alcohol motifs (C(OH)–C–C–N with tert-alkyl or cyclic N) is 1. The molecule has 20 heavy (non-hydrogen) atoms. The molecule has 1 aromatic rings. The molecule has 0 unspecified atom stereocenters. The second-order valence-corrected chi connectivity index (χ2v) is 5.37. The zero-order chi connectivity index (χ0) is 14.6. The third kappa shape index (κ3) is 3.31. The minimum absolute atomic E-state index is 0.106. The molecule has 1 heterocycles. The summed E-state index contributed by atoms with van der Waals surface area (Å²) in [6.45, 7) is 5.46. The fraction of sp³-hybridized carbons (Fsp3) is 0.562. The van der Waals surface area contributed by atoms with Crippen LogP contribution in [0.1, 0.15) is 32.3 Å². The van der Waals surface area contributed by atoms with Crippen LogP contribution in [0.3, 0.4) is 0 Å². The number of hydrogen-bond acceptors (Lipinski definition) is 3. The van der Waals surface area contributed by atoms with Gasteiger partial charge in [-0.1, -0.05) is 25.1 Å². The third-order valence-corrected chi connectivity index (χ3v) is 3.86. The maximum absolute atomic E-state index is 12.0. The Bertz CT molecular complexity index is 467. The molecule has 1 aliphatic heterocycles. The molecule has 1 aromatic carbocycles. The number of carbonyl (C=O) groups excluding carboxylic acids is 1. The van der Waals surface area contributed by atoms with Crippen LogP contribution in [-0.4, -0.2) is 41.2 Å². The summed E-state index contributed by atoms with van der Waals surface area (Å²) >= 11 is 0. The van der Waals surface area contributed by atoms with E-state index in [4.69, 9.17) is 4.74 Å². The van der Waals surface area contributed by atoms with E-state index >= 15 is 0 Å². The molecular formula is C16H23NO3. The van der Waals surface area contributed by atoms with Gasteiger partial charge < -0.3 is 14.7 Å². The maximum Gasteiger partial charge on any atom is 0.223 e. The SMILES string of the molecule is CCOc1ccccc1CCC(=O)N1CC(O)(CC)C1. The molecule has 0 atom stereocenters. The van der Waals surface area contributed by atoms with Crippen molar-refractivity contribution in [2.75, 3.05) is 19.7 Å². The molecule has 0 radical (unpaired) electrons. The summed E-state index contributed by atoms with van der Waals surface area (Å²) in [5.74, 6) is 0.964. The highest BCUT2D eigenvalue weighted by atomic mass is 16.5. The van der Waals surface area contributed by atoms with Crippen LogP contribution in [-0.2, 0) is 11.2 Å². The van der Waals surface area contributed by atoms with Gasteiger partial charge in [0.25, 0.3) is 0 Å². The highest BCUT2D eigenvalue weighted by Crippen LogP contribution is 2.26. The van der Waals surface area contributed by atoms with Gasteiger partial charge in [0.05, 0.1) is 25.3 Å². The number of amides is 1. The lowest BCUT2D eigenvalue weighted by Crippen LogP contribution is -2.63. The first-order valence-electron chi connectivity index (χ1n) is 7.29. The number of aryl methyl sites for hydroxylation is 1. The number of ether oxygens (including phenoxy) is 1. The second kappa shape index (κ2) is 6.27. The molecule has 1 amide bonds. The van der Waals surface area contributed by atoms with E-state index in [9.17, 15) is 9.90 Å². The Hall–Kier alpha value is -1.55. The molecule has 1 saturated heterocycles. The lowest BCUT2D eigenvalue weighted by Gasteiger charge is -2.46. The number of nitrogens with zero attached hydrogens (tertiary/aromatic N) is 1. The van der Waals surface area contributed by atoms with Gasteiger partial charge in [-0.15, -0.1) is 0 Å². The lowest BCUT2D eigenvalue weighted by molar-refractivity contribution is -0.155. The van der Waals surface area contributed by atoms with Crippen molar-refractivity contribution in [3.8, 4) is 5.75 Å². The Morgan fingerprint density at radius 3 is 2.70 bits per heavy atom. The molecule has 1 fully saturated rings. The minimum atomic E-state index is -0.654. The van der Waals surface area contributed by atoms with Crippen molar-refractivity contribution in [1.29, 1.82) is 0 Å². The maximum atomic E-state index is 12.0. The van der Waals surface area contributed by atoms with Crippen molar-refractivity contribution in [3.05, 3.63) is 29.8 Å². The van der Waals surface area contributed by atoms with E-state index in [2.05, 4.69) is 0 Å². The first kappa shape index (κ1) is 14.9. The monoisotopic (exact) mass is 277 g/mol. The Labute approximate surface area is 120 Å². The van der Waals surface area contributed by atoms with Gasteiger partial charge in [-0.2, -0.15) is 0 Å². The number of carbonyl (C=O) groups is 1. The van der Waals surface area contributed by atoms with E-state index in [1.807, 2.05) is 38.1 Å². The predicted molar refractivity (Wildman–Crippen MR) is 77.8 cm³/mol. The molecule has 0 bridgehead atoms. The van der Waals surface area contributed by atoms with Gasteiger partial charge in [-0.05, 0) is 31.4 Å². The number of aliphatic hydroxyl groups is 1. The molecule has 2 rings (SSSR count). The van der Waals surface area contributed by atoms with Crippen LogP contribution in [0.15, 0.2) is 24.3 Å². The summed E-state index contributed by atoms with van der Waals surface area (Å²) in [5.41, 5.74) is 0.410. The summed E-state index contributed by atoms with van der Waals surface area (Å²) in [5, 5.41) is 9.92. The minimum Gasteiger partial charge on any atom is -0.494 e. The Morgan fingerprint density at radius 1 is 1.35 bits per heavy atom. The zero-order valence-electron chi connectivity index (χ0n) is 12.3. The molecule has 4 nitrogen and oxygen atoms in total. The van der Waals surface area contributed by atoms with E-state index in [1.54, 1.807) is 4.90 Å². The van der Waals surface area contributed by atoms with E-state index in [0.717, 1.165) is 11.3 Å². The fourth-order valence-electron chi connectivity index (χ4n) is 2.47. The number of likely N-dealkylation sites (tertiary alicyclic amines) is 1. The van der Waals surface area contributed by atoms with Crippen LogP contribution < -0.4 is 4.74 Å². The molecule has 110 valence electrons. The summed E-state index contributed by atoms with van der Waals surface area (Å²) in [6, 6.07) is 7.83. The molecule has 1 aliphatic rings.